The summed E-state index contributed by atoms with van der Waals surface area (Å²) in [6.07, 6.45) is -5.08. The summed E-state index contributed by atoms with van der Waals surface area (Å²) in [4.78, 5) is 11.5. The second kappa shape index (κ2) is 10.1. The van der Waals surface area contributed by atoms with Gasteiger partial charge in [0.25, 0.3) is 0 Å². The van der Waals surface area contributed by atoms with Gasteiger partial charge in [0, 0.05) is 11.5 Å². The van der Waals surface area contributed by atoms with Crippen molar-refractivity contribution in [2.45, 2.75) is 12.7 Å². The Kier molecular flexibility index (Phi) is 8.97. The average Bonchev–Trinajstić information content (AvgIpc) is 2.51. The largest absolute Gasteiger partial charge is 0.493 e. The zero-order valence-corrected chi connectivity index (χ0v) is 12.1. The van der Waals surface area contributed by atoms with Crippen LogP contribution in [0.2, 0.25) is 0 Å². The van der Waals surface area contributed by atoms with Crippen LogP contribution in [0.1, 0.15) is 5.56 Å². The Hall–Kier alpha value is -2.65. The summed E-state index contributed by atoms with van der Waals surface area (Å²) in [5.74, 6) is -1.51. The number of ether oxygens (including phenoxy) is 2. The number of carbonyl (C=O) groups is 1. The number of benzene rings is 1. The van der Waals surface area contributed by atoms with E-state index < -0.39 is 12.1 Å². The van der Waals surface area contributed by atoms with E-state index in [9.17, 15) is 13.2 Å². The lowest BCUT2D eigenvalue weighted by molar-refractivity contribution is -0.192. The fourth-order valence-electron chi connectivity index (χ4n) is 1.20. The number of halogens is 3. The van der Waals surface area contributed by atoms with Crippen molar-refractivity contribution in [1.82, 2.24) is 0 Å². The number of azide groups is 1. The number of nitrogens with two attached hydrogens (primary N) is 1. The predicted molar refractivity (Wildman–Crippen MR) is 74.1 cm³/mol. The van der Waals surface area contributed by atoms with E-state index >= 15 is 0 Å². The summed E-state index contributed by atoms with van der Waals surface area (Å²) in [6.45, 7) is 1.07. The van der Waals surface area contributed by atoms with Gasteiger partial charge in [0.2, 0.25) is 0 Å². The van der Waals surface area contributed by atoms with Gasteiger partial charge < -0.3 is 20.3 Å². The molecule has 0 fully saturated rings. The zero-order chi connectivity index (χ0) is 17.9. The molecular weight excluding hydrogens is 321 g/mol. The number of carboxylic acid groups (broad SMARTS) is 1. The molecule has 0 aromatic heterocycles. The normalized spacial score (nSPS) is 9.96. The fraction of sp³-hybridized carbons (Fsp3) is 0.417. The number of rotatable bonds is 6. The lowest BCUT2D eigenvalue weighted by atomic mass is 10.2. The van der Waals surface area contributed by atoms with E-state index in [1.54, 1.807) is 13.2 Å². The van der Waals surface area contributed by atoms with Gasteiger partial charge in [-0.3, -0.25) is 0 Å². The van der Waals surface area contributed by atoms with Crippen LogP contribution in [0.4, 0.5) is 13.2 Å². The maximum Gasteiger partial charge on any atom is 0.490 e. The topological polar surface area (TPSA) is 131 Å². The number of alkyl halides is 3. The minimum atomic E-state index is -5.08. The molecule has 0 radical (unpaired) electrons. The molecule has 0 saturated carbocycles. The minimum absolute atomic E-state index is 0.290. The van der Waals surface area contributed by atoms with E-state index in [-0.39, 0.29) is 6.54 Å². The van der Waals surface area contributed by atoms with Gasteiger partial charge >= 0.3 is 12.1 Å². The Balaban J connectivity index is 0.000000585. The fourth-order valence-corrected chi connectivity index (χ4v) is 1.20. The lowest BCUT2D eigenvalue weighted by Gasteiger charge is -2.10. The van der Waals surface area contributed by atoms with Gasteiger partial charge in [-0.2, -0.15) is 13.2 Å². The molecule has 1 aromatic carbocycles. The van der Waals surface area contributed by atoms with Gasteiger partial charge in [-0.1, -0.05) is 11.2 Å². The smallest absolute Gasteiger partial charge is 0.490 e. The summed E-state index contributed by atoms with van der Waals surface area (Å²) in [7, 11) is 1.57. The highest BCUT2D eigenvalue weighted by Gasteiger charge is 2.38. The lowest BCUT2D eigenvalue weighted by Crippen LogP contribution is -2.21. The van der Waals surface area contributed by atoms with Crippen molar-refractivity contribution in [2.24, 2.45) is 10.8 Å². The Morgan fingerprint density at radius 3 is 2.48 bits per heavy atom. The van der Waals surface area contributed by atoms with E-state index in [2.05, 4.69) is 10.0 Å². The highest BCUT2D eigenvalue weighted by molar-refractivity contribution is 5.73. The quantitative estimate of drug-likeness (QED) is 0.356. The molecule has 0 amide bonds. The summed E-state index contributed by atoms with van der Waals surface area (Å²) < 4.78 is 42.3. The van der Waals surface area contributed by atoms with Crippen molar-refractivity contribution >= 4 is 5.97 Å². The van der Waals surface area contributed by atoms with Crippen LogP contribution in [-0.2, 0) is 11.3 Å². The SMILES string of the molecule is COc1cc(CN)ccc1OCCN=[N+]=[N-].O=C(O)C(F)(F)F. The van der Waals surface area contributed by atoms with Crippen molar-refractivity contribution in [1.29, 1.82) is 0 Å². The molecule has 3 N–H and O–H groups in total. The van der Waals surface area contributed by atoms with Gasteiger partial charge in [-0.05, 0) is 23.2 Å². The van der Waals surface area contributed by atoms with Crippen LogP contribution in [0, 0.1) is 0 Å². The maximum atomic E-state index is 10.6. The summed E-state index contributed by atoms with van der Waals surface area (Å²) in [6, 6.07) is 5.48. The van der Waals surface area contributed by atoms with Gasteiger partial charge in [0.1, 0.15) is 0 Å². The number of methoxy groups -OCH3 is 1. The molecule has 0 heterocycles. The second-order valence-corrected chi connectivity index (χ2v) is 3.80. The Labute approximate surface area is 129 Å². The molecule has 0 aliphatic carbocycles. The first kappa shape index (κ1) is 20.3. The third kappa shape index (κ3) is 8.39. The summed E-state index contributed by atoms with van der Waals surface area (Å²) in [5, 5.41) is 10.5. The summed E-state index contributed by atoms with van der Waals surface area (Å²) >= 11 is 0. The third-order valence-electron chi connectivity index (χ3n) is 2.22. The molecule has 0 bridgehead atoms. The average molecular weight is 336 g/mol. The van der Waals surface area contributed by atoms with Gasteiger partial charge in [0.15, 0.2) is 11.5 Å². The van der Waals surface area contributed by atoms with E-state index in [0.29, 0.717) is 24.7 Å². The highest BCUT2D eigenvalue weighted by Crippen LogP contribution is 2.27. The van der Waals surface area contributed by atoms with E-state index in [4.69, 9.17) is 30.6 Å². The van der Waals surface area contributed by atoms with Crippen LogP contribution in [0.25, 0.3) is 10.4 Å². The molecule has 8 nitrogen and oxygen atoms in total. The molecule has 1 aromatic rings. The number of aliphatic carboxylic acids is 1. The van der Waals surface area contributed by atoms with Crippen LogP contribution < -0.4 is 15.2 Å². The molecule has 0 atom stereocenters. The molecule has 11 heteroatoms. The standard InChI is InChI=1S/C10H14N4O2.C2HF3O2/c1-15-10-6-8(7-11)2-3-9(10)16-5-4-13-14-12;3-2(4,5)1(6)7/h2-3,6H,4-5,7,11H2,1H3;(H,6,7). The zero-order valence-electron chi connectivity index (χ0n) is 12.1. The molecule has 23 heavy (non-hydrogen) atoms. The van der Waals surface area contributed by atoms with Gasteiger partial charge in [-0.25, -0.2) is 4.79 Å². The summed E-state index contributed by atoms with van der Waals surface area (Å²) in [5.41, 5.74) is 14.6. The molecule has 1 rings (SSSR count). The van der Waals surface area contributed by atoms with Crippen molar-refractivity contribution in [3.8, 4) is 11.5 Å². The Bertz CT molecular complexity index is 560. The first-order chi connectivity index (χ1) is 10.8. The molecule has 128 valence electrons. The van der Waals surface area contributed by atoms with E-state index in [1.807, 2.05) is 12.1 Å². The van der Waals surface area contributed by atoms with Crippen molar-refractivity contribution in [2.75, 3.05) is 20.3 Å². The van der Waals surface area contributed by atoms with E-state index in [0.717, 1.165) is 5.56 Å². The number of hydrogen-bond donors (Lipinski definition) is 2. The molecule has 0 aliphatic rings. The van der Waals surface area contributed by atoms with Crippen LogP contribution in [0.5, 0.6) is 11.5 Å². The third-order valence-corrected chi connectivity index (χ3v) is 2.22. The minimum Gasteiger partial charge on any atom is -0.493 e. The number of nitrogens with zero attached hydrogens (tertiary/aromatic N) is 3. The molecule has 0 spiro atoms. The van der Waals surface area contributed by atoms with Crippen LogP contribution in [0.3, 0.4) is 0 Å². The molecular formula is C12H15F3N4O4. The molecule has 0 unspecified atom stereocenters. The second-order valence-electron chi connectivity index (χ2n) is 3.80. The number of carboxylic acids is 1. The van der Waals surface area contributed by atoms with E-state index in [1.165, 1.54) is 0 Å². The van der Waals surface area contributed by atoms with Gasteiger partial charge in [0.05, 0.1) is 20.3 Å². The highest BCUT2D eigenvalue weighted by atomic mass is 19.4. The van der Waals surface area contributed by atoms with Crippen LogP contribution >= 0.6 is 0 Å². The van der Waals surface area contributed by atoms with Gasteiger partial charge in [-0.15, -0.1) is 0 Å². The monoisotopic (exact) mass is 336 g/mol. The first-order valence-electron chi connectivity index (χ1n) is 6.07. The van der Waals surface area contributed by atoms with Crippen LogP contribution in [0.15, 0.2) is 23.3 Å². The van der Waals surface area contributed by atoms with Crippen LogP contribution in [-0.4, -0.2) is 37.5 Å². The van der Waals surface area contributed by atoms with Crippen molar-refractivity contribution in [3.63, 3.8) is 0 Å². The molecule has 0 aliphatic heterocycles. The number of hydrogen-bond acceptors (Lipinski definition) is 5. The molecule has 0 saturated heterocycles. The first-order valence-corrected chi connectivity index (χ1v) is 6.07. The van der Waals surface area contributed by atoms with Crippen molar-refractivity contribution < 1.29 is 32.5 Å². The Morgan fingerprint density at radius 1 is 1.43 bits per heavy atom. The maximum absolute atomic E-state index is 10.6. The Morgan fingerprint density at radius 2 is 2.04 bits per heavy atom. The predicted octanol–water partition coefficient (Wildman–Crippen LogP) is 2.48. The van der Waals surface area contributed by atoms with Crippen molar-refractivity contribution in [3.05, 3.63) is 34.2 Å².